The fraction of sp³-hybridized carbons (Fsp3) is 0.258. The lowest BCUT2D eigenvalue weighted by molar-refractivity contribution is 0.0963. The number of fused-ring (bicyclic) bond motifs is 4. The summed E-state index contributed by atoms with van der Waals surface area (Å²) in [5, 5.41) is 15.4. The van der Waals surface area contributed by atoms with Gasteiger partial charge in [-0.15, -0.1) is 11.3 Å². The molecule has 0 unspecified atom stereocenters. The van der Waals surface area contributed by atoms with Crippen LogP contribution in [0.4, 0.5) is 5.00 Å². The number of aryl methyl sites for hydroxylation is 2. The molecular formula is C31H28N6O5S. The van der Waals surface area contributed by atoms with Crippen molar-refractivity contribution in [2.75, 3.05) is 19.2 Å². The summed E-state index contributed by atoms with van der Waals surface area (Å²) in [5.74, 6) is 0.368. The third-order valence-electron chi connectivity index (χ3n) is 8.01. The molecule has 0 bridgehead atoms. The number of carbonyl (C=O) groups excluding carboxylic acids is 2. The first-order chi connectivity index (χ1) is 20.8. The van der Waals surface area contributed by atoms with Gasteiger partial charge in [-0.3, -0.25) is 24.2 Å². The second kappa shape index (κ2) is 10.4. The first-order valence-electron chi connectivity index (χ1n) is 14.0. The van der Waals surface area contributed by atoms with Crippen LogP contribution in [-0.2, 0) is 19.4 Å². The molecule has 0 saturated heterocycles. The van der Waals surface area contributed by atoms with Crippen molar-refractivity contribution in [1.29, 1.82) is 5.41 Å². The summed E-state index contributed by atoms with van der Waals surface area (Å²) < 4.78 is 14.0. The molecule has 5 heterocycles. The zero-order valence-electron chi connectivity index (χ0n) is 23.6. The van der Waals surface area contributed by atoms with Gasteiger partial charge in [0.2, 0.25) is 6.79 Å². The Balaban J connectivity index is 1.40. The molecule has 7 rings (SSSR count). The van der Waals surface area contributed by atoms with Gasteiger partial charge in [0.1, 0.15) is 21.8 Å². The normalized spacial score (nSPS) is 13.7. The van der Waals surface area contributed by atoms with Gasteiger partial charge in [0, 0.05) is 18.1 Å². The van der Waals surface area contributed by atoms with E-state index in [0.29, 0.717) is 27.7 Å². The summed E-state index contributed by atoms with van der Waals surface area (Å²) in [6.45, 7) is 2.14. The molecule has 0 saturated carbocycles. The molecule has 5 aromatic rings. The van der Waals surface area contributed by atoms with Crippen LogP contribution in [0.1, 0.15) is 55.1 Å². The summed E-state index contributed by atoms with van der Waals surface area (Å²) >= 11 is 1.40. The van der Waals surface area contributed by atoms with Gasteiger partial charge in [0.05, 0.1) is 23.1 Å². The molecule has 1 aliphatic heterocycles. The summed E-state index contributed by atoms with van der Waals surface area (Å²) in [5.41, 5.74) is 3.30. The van der Waals surface area contributed by atoms with Gasteiger partial charge in [-0.05, 0) is 73.6 Å². The Morgan fingerprint density at radius 1 is 1.07 bits per heavy atom. The topological polar surface area (TPSA) is 140 Å². The molecule has 1 aromatic carbocycles. The minimum Gasteiger partial charge on any atom is -0.454 e. The fourth-order valence-corrected chi connectivity index (χ4v) is 7.12. The number of nitrogens with one attached hydrogen (secondary N) is 3. The lowest BCUT2D eigenvalue weighted by atomic mass is 9.95. The average Bonchev–Trinajstić information content (AvgIpc) is 3.62. The number of thiophene rings is 1. The third kappa shape index (κ3) is 4.45. The van der Waals surface area contributed by atoms with E-state index in [1.54, 1.807) is 29.9 Å². The Kier molecular flexibility index (Phi) is 6.50. The SMILES string of the molecule is CNC(=O)c1c(NC(=O)c2cc3c(=O)n4cccc(C)c4nc3n(Cc3ccc4c(c3)OCO4)c2=N)sc2c1CCCC2. The van der Waals surface area contributed by atoms with E-state index in [2.05, 4.69) is 10.6 Å². The van der Waals surface area contributed by atoms with Crippen LogP contribution in [0.2, 0.25) is 0 Å². The number of rotatable bonds is 5. The highest BCUT2D eigenvalue weighted by Gasteiger charge is 2.27. The van der Waals surface area contributed by atoms with Gasteiger partial charge in [0.15, 0.2) is 11.5 Å². The van der Waals surface area contributed by atoms with Crippen LogP contribution in [-0.4, -0.2) is 39.6 Å². The van der Waals surface area contributed by atoms with Gasteiger partial charge in [0.25, 0.3) is 17.4 Å². The van der Waals surface area contributed by atoms with Crippen molar-refractivity contribution in [1.82, 2.24) is 19.3 Å². The number of pyridine rings is 2. The van der Waals surface area contributed by atoms with Gasteiger partial charge >= 0.3 is 0 Å². The van der Waals surface area contributed by atoms with Gasteiger partial charge in [-0.25, -0.2) is 4.98 Å². The number of anilines is 1. The Hall–Kier alpha value is -4.97. The number of ether oxygens (including phenoxy) is 2. The second-order valence-corrected chi connectivity index (χ2v) is 11.8. The minimum absolute atomic E-state index is 0.00558. The predicted octanol–water partition coefficient (Wildman–Crippen LogP) is 3.77. The van der Waals surface area contributed by atoms with Crippen molar-refractivity contribution in [2.24, 2.45) is 0 Å². The Morgan fingerprint density at radius 3 is 2.72 bits per heavy atom. The molecule has 2 amide bonds. The minimum atomic E-state index is -0.580. The van der Waals surface area contributed by atoms with Gasteiger partial charge in [-0.1, -0.05) is 12.1 Å². The molecule has 3 N–H and O–H groups in total. The van der Waals surface area contributed by atoms with Crippen LogP contribution < -0.4 is 31.2 Å². The van der Waals surface area contributed by atoms with E-state index in [9.17, 15) is 19.8 Å². The Bertz CT molecular complexity index is 2110. The lowest BCUT2D eigenvalue weighted by Crippen LogP contribution is -2.32. The average molecular weight is 597 g/mol. The third-order valence-corrected chi connectivity index (χ3v) is 9.22. The molecule has 2 aliphatic rings. The van der Waals surface area contributed by atoms with Crippen LogP contribution in [0.25, 0.3) is 16.7 Å². The van der Waals surface area contributed by atoms with Gasteiger partial charge in [-0.2, -0.15) is 0 Å². The molecule has 0 radical (unpaired) electrons. The molecule has 43 heavy (non-hydrogen) atoms. The number of amides is 2. The van der Waals surface area contributed by atoms with Gasteiger partial charge < -0.3 is 24.7 Å². The highest BCUT2D eigenvalue weighted by Crippen LogP contribution is 2.38. The lowest BCUT2D eigenvalue weighted by Gasteiger charge is -2.16. The number of hydrogen-bond acceptors (Lipinski definition) is 8. The maximum Gasteiger partial charge on any atom is 0.267 e. The molecule has 11 nitrogen and oxygen atoms in total. The highest BCUT2D eigenvalue weighted by molar-refractivity contribution is 7.17. The number of carbonyl (C=O) groups is 2. The number of hydrogen-bond donors (Lipinski definition) is 3. The maximum atomic E-state index is 13.9. The smallest absolute Gasteiger partial charge is 0.267 e. The van der Waals surface area contributed by atoms with Crippen LogP contribution >= 0.6 is 11.3 Å². The largest absolute Gasteiger partial charge is 0.454 e. The van der Waals surface area contributed by atoms with E-state index in [0.717, 1.165) is 47.3 Å². The first kappa shape index (κ1) is 26.9. The van der Waals surface area contributed by atoms with Crippen molar-refractivity contribution in [3.63, 3.8) is 0 Å². The maximum absolute atomic E-state index is 13.9. The van der Waals surface area contributed by atoms with Crippen LogP contribution in [0, 0.1) is 12.3 Å². The second-order valence-electron chi connectivity index (χ2n) is 10.7. The standard InChI is InChI=1S/C31H28N6O5S/c1-16-6-5-11-36-26(16)34-27-20(31(36)40)13-19(25(32)37(27)14-17-9-10-21-22(12-17)42-15-41-21)28(38)35-30-24(29(39)33-2)18-7-3-4-8-23(18)43-30/h5-6,9-13,32H,3-4,7-8,14-15H2,1-2H3,(H,33,39)(H,35,38). The molecule has 4 aromatic heterocycles. The molecule has 0 spiro atoms. The van der Waals surface area contributed by atoms with E-state index < -0.39 is 5.91 Å². The van der Waals surface area contributed by atoms with Crippen molar-refractivity contribution in [2.45, 2.75) is 39.2 Å². The predicted molar refractivity (Wildman–Crippen MR) is 162 cm³/mol. The number of nitrogens with zero attached hydrogens (tertiary/aromatic N) is 3. The summed E-state index contributed by atoms with van der Waals surface area (Å²) in [4.78, 5) is 46.5. The quantitative estimate of drug-likeness (QED) is 0.264. The molecule has 218 valence electrons. The van der Waals surface area contributed by atoms with Crippen molar-refractivity contribution in [3.05, 3.63) is 91.1 Å². The van der Waals surface area contributed by atoms with Crippen molar-refractivity contribution in [3.8, 4) is 11.5 Å². The molecule has 0 fully saturated rings. The summed E-state index contributed by atoms with van der Waals surface area (Å²) in [7, 11) is 1.57. The molecule has 1 aliphatic carbocycles. The monoisotopic (exact) mass is 596 g/mol. The van der Waals surface area contributed by atoms with E-state index >= 15 is 0 Å². The molecule has 12 heteroatoms. The zero-order valence-corrected chi connectivity index (χ0v) is 24.4. The molecular weight excluding hydrogens is 568 g/mol. The van der Waals surface area contributed by atoms with E-state index in [1.165, 1.54) is 21.8 Å². The van der Waals surface area contributed by atoms with Crippen molar-refractivity contribution >= 4 is 44.8 Å². The van der Waals surface area contributed by atoms with Crippen LogP contribution in [0.5, 0.6) is 11.5 Å². The van der Waals surface area contributed by atoms with E-state index in [-0.39, 0.29) is 46.9 Å². The number of aromatic nitrogens is 3. The van der Waals surface area contributed by atoms with Crippen LogP contribution in [0.3, 0.4) is 0 Å². The Morgan fingerprint density at radius 2 is 1.88 bits per heavy atom. The first-order valence-corrected chi connectivity index (χ1v) is 14.8. The zero-order chi connectivity index (χ0) is 29.8. The van der Waals surface area contributed by atoms with E-state index in [4.69, 9.17) is 14.5 Å². The van der Waals surface area contributed by atoms with E-state index in [1.807, 2.05) is 25.1 Å². The number of benzene rings is 1. The fourth-order valence-electron chi connectivity index (χ4n) is 5.83. The summed E-state index contributed by atoms with van der Waals surface area (Å²) in [6.07, 6.45) is 5.27. The highest BCUT2D eigenvalue weighted by atomic mass is 32.1. The molecule has 0 atom stereocenters. The van der Waals surface area contributed by atoms with Crippen molar-refractivity contribution < 1.29 is 19.1 Å². The Labute approximate surface area is 249 Å². The van der Waals surface area contributed by atoms with Crippen LogP contribution in [0.15, 0.2) is 47.4 Å². The summed E-state index contributed by atoms with van der Waals surface area (Å²) in [6, 6.07) is 10.5.